The number of aryl methyl sites for hydroxylation is 2. The smallest absolute Gasteiger partial charge is 0.260 e. The molecule has 0 aliphatic heterocycles. The zero-order valence-corrected chi connectivity index (χ0v) is 9.56. The van der Waals surface area contributed by atoms with E-state index in [1.54, 1.807) is 11.3 Å². The fourth-order valence-corrected chi connectivity index (χ4v) is 3.21. The SMILES string of the molecule is [2H]CCc1nc2sc3c(c2c(=O)[nH]1)C=CCC3. The van der Waals surface area contributed by atoms with E-state index in [-0.39, 0.29) is 12.5 Å². The van der Waals surface area contributed by atoms with E-state index in [1.165, 1.54) is 4.88 Å². The molecule has 1 N–H and O–H groups in total. The highest BCUT2D eigenvalue weighted by Crippen LogP contribution is 2.32. The van der Waals surface area contributed by atoms with Crippen LogP contribution in [0.2, 0.25) is 0 Å². The van der Waals surface area contributed by atoms with Gasteiger partial charge in [0.15, 0.2) is 0 Å². The molecule has 2 aromatic heterocycles. The Hall–Kier alpha value is -1.42. The van der Waals surface area contributed by atoms with Gasteiger partial charge in [0.2, 0.25) is 0 Å². The molecule has 16 heavy (non-hydrogen) atoms. The van der Waals surface area contributed by atoms with Crippen LogP contribution in [-0.2, 0) is 12.8 Å². The van der Waals surface area contributed by atoms with Gasteiger partial charge < -0.3 is 4.98 Å². The molecule has 0 amide bonds. The number of hydrogen-bond donors (Lipinski definition) is 1. The van der Waals surface area contributed by atoms with Crippen LogP contribution in [0.3, 0.4) is 0 Å². The third-order valence-corrected chi connectivity index (χ3v) is 3.94. The van der Waals surface area contributed by atoms with Crippen LogP contribution in [0.15, 0.2) is 10.9 Å². The summed E-state index contributed by atoms with van der Waals surface area (Å²) in [7, 11) is 0. The second kappa shape index (κ2) is 3.56. The van der Waals surface area contributed by atoms with E-state index in [0.717, 1.165) is 28.6 Å². The number of nitrogens with zero attached hydrogens (tertiary/aromatic N) is 1. The van der Waals surface area contributed by atoms with Gasteiger partial charge in [-0.25, -0.2) is 4.98 Å². The molecule has 2 aromatic rings. The van der Waals surface area contributed by atoms with Crippen molar-refractivity contribution in [2.24, 2.45) is 0 Å². The van der Waals surface area contributed by atoms with Gasteiger partial charge in [0.05, 0.1) is 5.39 Å². The second-order valence-corrected chi connectivity index (χ2v) is 4.91. The molecule has 0 spiro atoms. The molecule has 0 fully saturated rings. The lowest BCUT2D eigenvalue weighted by Crippen LogP contribution is -2.11. The molecule has 1 aliphatic carbocycles. The predicted octanol–water partition coefficient (Wildman–Crippen LogP) is 2.51. The molecule has 82 valence electrons. The summed E-state index contributed by atoms with van der Waals surface area (Å²) >= 11 is 1.61. The molecule has 0 radical (unpaired) electrons. The van der Waals surface area contributed by atoms with E-state index in [9.17, 15) is 4.79 Å². The average molecular weight is 233 g/mol. The number of H-pyrrole nitrogens is 1. The highest BCUT2D eigenvalue weighted by atomic mass is 32.1. The van der Waals surface area contributed by atoms with Gasteiger partial charge in [-0.1, -0.05) is 19.1 Å². The largest absolute Gasteiger partial charge is 0.310 e. The highest BCUT2D eigenvalue weighted by Gasteiger charge is 2.16. The summed E-state index contributed by atoms with van der Waals surface area (Å²) in [6.45, 7) is 0.249. The Bertz CT molecular complexity index is 656. The molecular weight excluding hydrogens is 220 g/mol. The summed E-state index contributed by atoms with van der Waals surface area (Å²) < 4.78 is 7.18. The van der Waals surface area contributed by atoms with Crippen LogP contribution >= 0.6 is 11.3 Å². The minimum atomic E-state index is -0.0671. The third kappa shape index (κ3) is 1.33. The van der Waals surface area contributed by atoms with Gasteiger partial charge in [0.1, 0.15) is 10.7 Å². The molecule has 3 nitrogen and oxygen atoms in total. The summed E-state index contributed by atoms with van der Waals surface area (Å²) in [4.78, 5) is 21.3. The monoisotopic (exact) mass is 233 g/mol. The van der Waals surface area contributed by atoms with Gasteiger partial charge in [0, 0.05) is 18.2 Å². The van der Waals surface area contributed by atoms with Gasteiger partial charge >= 0.3 is 0 Å². The number of aromatic nitrogens is 2. The van der Waals surface area contributed by atoms with Gasteiger partial charge in [0.25, 0.3) is 5.56 Å². The molecule has 1 aliphatic rings. The standard InChI is InChI=1S/C12H12N2OS/c1-2-9-13-11(15)10-7-5-3-4-6-8(7)16-12(10)14-9/h3,5H,2,4,6H2,1H3,(H,13,14,15)/i1D. The van der Waals surface area contributed by atoms with Gasteiger partial charge in [-0.3, -0.25) is 4.79 Å². The lowest BCUT2D eigenvalue weighted by molar-refractivity contribution is 0.947. The third-order valence-electron chi connectivity index (χ3n) is 2.78. The Morgan fingerprint density at radius 3 is 3.50 bits per heavy atom. The van der Waals surface area contributed by atoms with Crippen molar-refractivity contribution in [1.29, 1.82) is 0 Å². The van der Waals surface area contributed by atoms with Crippen LogP contribution in [0.5, 0.6) is 0 Å². The number of nitrogens with one attached hydrogen (secondary N) is 1. The molecule has 4 heteroatoms. The first-order valence-corrected chi connectivity index (χ1v) is 6.11. The maximum absolute atomic E-state index is 12.0. The van der Waals surface area contributed by atoms with Crippen molar-refractivity contribution in [2.45, 2.75) is 26.2 Å². The zero-order chi connectivity index (χ0) is 11.8. The molecule has 3 rings (SSSR count). The predicted molar refractivity (Wildman–Crippen MR) is 67.0 cm³/mol. The minimum absolute atomic E-state index is 0.0671. The normalized spacial score (nSPS) is 15.1. The van der Waals surface area contributed by atoms with E-state index in [2.05, 4.69) is 16.0 Å². The van der Waals surface area contributed by atoms with Crippen LogP contribution in [0.25, 0.3) is 16.3 Å². The fraction of sp³-hybridized carbons (Fsp3) is 0.333. The van der Waals surface area contributed by atoms with Crippen molar-refractivity contribution in [3.05, 3.63) is 32.7 Å². The molecule has 2 heterocycles. The van der Waals surface area contributed by atoms with Crippen molar-refractivity contribution in [3.63, 3.8) is 0 Å². The Labute approximate surface area is 98.3 Å². The van der Waals surface area contributed by atoms with Crippen LogP contribution in [0.1, 0.15) is 31.0 Å². The van der Waals surface area contributed by atoms with Crippen molar-refractivity contribution >= 4 is 27.6 Å². The number of aromatic amines is 1. The van der Waals surface area contributed by atoms with E-state index in [1.807, 2.05) is 6.08 Å². The molecular formula is C12H12N2OS. The summed E-state index contributed by atoms with van der Waals surface area (Å²) in [5.41, 5.74) is 0.977. The number of hydrogen-bond acceptors (Lipinski definition) is 3. The van der Waals surface area contributed by atoms with E-state index in [0.29, 0.717) is 12.2 Å². The van der Waals surface area contributed by atoms with E-state index >= 15 is 0 Å². The summed E-state index contributed by atoms with van der Waals surface area (Å²) in [5, 5.41) is 0.717. The van der Waals surface area contributed by atoms with Crippen molar-refractivity contribution in [1.82, 2.24) is 9.97 Å². The molecule has 0 unspecified atom stereocenters. The number of thiophene rings is 1. The van der Waals surface area contributed by atoms with E-state index in [4.69, 9.17) is 1.37 Å². The lowest BCUT2D eigenvalue weighted by Gasteiger charge is -2.02. The topological polar surface area (TPSA) is 45.8 Å². The van der Waals surface area contributed by atoms with Crippen LogP contribution in [0, 0.1) is 0 Å². The Balaban J connectivity index is 2.28. The summed E-state index contributed by atoms with van der Waals surface area (Å²) in [5.74, 6) is 0.625. The molecule has 0 aromatic carbocycles. The average Bonchev–Trinajstić information content (AvgIpc) is 2.67. The molecule has 0 atom stereocenters. The number of rotatable bonds is 1. The van der Waals surface area contributed by atoms with Crippen molar-refractivity contribution in [3.8, 4) is 0 Å². The first-order valence-electron chi connectivity index (χ1n) is 6.00. The Morgan fingerprint density at radius 1 is 1.69 bits per heavy atom. The van der Waals surface area contributed by atoms with Gasteiger partial charge in [-0.2, -0.15) is 0 Å². The molecule has 0 saturated carbocycles. The second-order valence-electron chi connectivity index (χ2n) is 3.82. The van der Waals surface area contributed by atoms with Crippen molar-refractivity contribution < 1.29 is 1.37 Å². The number of allylic oxidation sites excluding steroid dienone is 1. The quantitative estimate of drug-likeness (QED) is 0.822. The maximum atomic E-state index is 12.0. The number of fused-ring (bicyclic) bond motifs is 3. The summed E-state index contributed by atoms with van der Waals surface area (Å²) in [6.07, 6.45) is 6.67. The fourth-order valence-electron chi connectivity index (χ4n) is 2.02. The zero-order valence-electron chi connectivity index (χ0n) is 9.75. The lowest BCUT2D eigenvalue weighted by atomic mass is 10.0. The summed E-state index contributed by atoms with van der Waals surface area (Å²) in [6, 6.07) is 0. The van der Waals surface area contributed by atoms with Gasteiger partial charge in [-0.15, -0.1) is 11.3 Å². The maximum Gasteiger partial charge on any atom is 0.260 e. The van der Waals surface area contributed by atoms with Gasteiger partial charge in [-0.05, 0) is 12.8 Å². The van der Waals surface area contributed by atoms with Crippen LogP contribution < -0.4 is 5.56 Å². The highest BCUT2D eigenvalue weighted by molar-refractivity contribution is 7.19. The molecule has 0 bridgehead atoms. The van der Waals surface area contributed by atoms with Crippen molar-refractivity contribution in [2.75, 3.05) is 0 Å². The Kier molecular flexibility index (Phi) is 1.93. The minimum Gasteiger partial charge on any atom is -0.310 e. The van der Waals surface area contributed by atoms with Crippen LogP contribution in [-0.4, -0.2) is 9.97 Å². The first-order chi connectivity index (χ1) is 8.29. The first kappa shape index (κ1) is 8.70. The van der Waals surface area contributed by atoms with Crippen LogP contribution in [0.4, 0.5) is 0 Å². The van der Waals surface area contributed by atoms with E-state index < -0.39 is 0 Å². The molecule has 0 saturated heterocycles. The Morgan fingerprint density at radius 2 is 2.62 bits per heavy atom.